The maximum absolute atomic E-state index is 11.4. The average molecular weight is 275 g/mol. The Morgan fingerprint density at radius 2 is 1.95 bits per heavy atom. The number of carboxylic acids is 1. The Morgan fingerprint density at radius 1 is 1.32 bits per heavy atom. The quantitative estimate of drug-likeness (QED) is 0.418. The zero-order chi connectivity index (χ0) is 14.8. The first-order valence-electron chi connectivity index (χ1n) is 6.00. The van der Waals surface area contributed by atoms with Crippen molar-refractivity contribution >= 4 is 17.9 Å². The molecule has 0 saturated heterocycles. The molecule has 19 heavy (non-hydrogen) atoms. The number of nitrogens with two attached hydrogens (primary N) is 1. The lowest BCUT2D eigenvalue weighted by atomic mass is 10.1. The number of urea groups is 1. The zero-order valence-corrected chi connectivity index (χ0v) is 11.1. The first kappa shape index (κ1) is 17.2. The van der Waals surface area contributed by atoms with Gasteiger partial charge in [0.2, 0.25) is 5.91 Å². The van der Waals surface area contributed by atoms with Crippen molar-refractivity contribution in [3.8, 4) is 0 Å². The monoisotopic (exact) mass is 275 g/mol. The lowest BCUT2D eigenvalue weighted by Gasteiger charge is -2.14. The van der Waals surface area contributed by atoms with Gasteiger partial charge in [0.05, 0.1) is 12.7 Å². The third-order valence-corrected chi connectivity index (χ3v) is 2.12. The number of rotatable bonds is 9. The van der Waals surface area contributed by atoms with Crippen molar-refractivity contribution in [2.24, 2.45) is 5.73 Å². The van der Waals surface area contributed by atoms with Crippen LogP contribution in [-0.2, 0) is 14.3 Å². The van der Waals surface area contributed by atoms with Gasteiger partial charge in [0, 0.05) is 13.0 Å². The van der Waals surface area contributed by atoms with Crippen LogP contribution in [-0.4, -0.2) is 48.3 Å². The molecule has 1 atom stereocenters. The molecule has 0 aliphatic rings. The Balaban J connectivity index is 3.96. The van der Waals surface area contributed by atoms with E-state index in [0.717, 1.165) is 0 Å². The molecule has 0 rings (SSSR count). The van der Waals surface area contributed by atoms with Gasteiger partial charge in [0.25, 0.3) is 0 Å². The number of nitrogens with one attached hydrogen (secondary N) is 2. The van der Waals surface area contributed by atoms with Gasteiger partial charge >= 0.3 is 12.0 Å². The summed E-state index contributed by atoms with van der Waals surface area (Å²) in [6.07, 6.45) is -0.0823. The van der Waals surface area contributed by atoms with E-state index >= 15 is 0 Å². The van der Waals surface area contributed by atoms with Crippen LogP contribution in [0.2, 0.25) is 0 Å². The van der Waals surface area contributed by atoms with E-state index in [1.54, 1.807) is 0 Å². The molecule has 0 fully saturated rings. The fourth-order valence-electron chi connectivity index (χ4n) is 1.21. The fourth-order valence-corrected chi connectivity index (χ4v) is 1.21. The standard InChI is InChI=1S/C11H21N3O5/c1-7(2)19-6-5-13-11(18)14-8(10(16)17)3-4-9(12)15/h7-8H,3-6H2,1-2H3,(H2,12,15)(H,16,17)(H2,13,14,18)/t8-/m1/s1. The Bertz CT molecular complexity index is 319. The van der Waals surface area contributed by atoms with Crippen LogP contribution in [0.5, 0.6) is 0 Å². The van der Waals surface area contributed by atoms with Crippen molar-refractivity contribution < 1.29 is 24.2 Å². The van der Waals surface area contributed by atoms with E-state index in [9.17, 15) is 14.4 Å². The van der Waals surface area contributed by atoms with Crippen LogP contribution in [0, 0.1) is 0 Å². The van der Waals surface area contributed by atoms with E-state index in [1.807, 2.05) is 13.8 Å². The number of carbonyl (C=O) groups excluding carboxylic acids is 2. The van der Waals surface area contributed by atoms with Gasteiger partial charge in [-0.2, -0.15) is 0 Å². The van der Waals surface area contributed by atoms with E-state index in [2.05, 4.69) is 10.6 Å². The third-order valence-electron chi connectivity index (χ3n) is 2.12. The van der Waals surface area contributed by atoms with Gasteiger partial charge in [-0.1, -0.05) is 0 Å². The summed E-state index contributed by atoms with van der Waals surface area (Å²) in [6.45, 7) is 4.34. The Labute approximate surface area is 111 Å². The summed E-state index contributed by atoms with van der Waals surface area (Å²) in [6, 6.07) is -1.76. The van der Waals surface area contributed by atoms with Gasteiger partial charge < -0.3 is 26.2 Å². The summed E-state index contributed by atoms with van der Waals surface area (Å²) >= 11 is 0. The van der Waals surface area contributed by atoms with Crippen LogP contribution in [0.15, 0.2) is 0 Å². The van der Waals surface area contributed by atoms with Gasteiger partial charge in [-0.3, -0.25) is 4.79 Å². The molecule has 8 nitrogen and oxygen atoms in total. The van der Waals surface area contributed by atoms with E-state index in [4.69, 9.17) is 15.6 Å². The van der Waals surface area contributed by atoms with Crippen molar-refractivity contribution in [3.05, 3.63) is 0 Å². The molecule has 0 aromatic heterocycles. The van der Waals surface area contributed by atoms with Crippen LogP contribution < -0.4 is 16.4 Å². The fraction of sp³-hybridized carbons (Fsp3) is 0.727. The number of carboxylic acid groups (broad SMARTS) is 1. The highest BCUT2D eigenvalue weighted by atomic mass is 16.5. The molecular formula is C11H21N3O5. The first-order chi connectivity index (χ1) is 8.82. The molecule has 0 radical (unpaired) electrons. The molecule has 110 valence electrons. The summed E-state index contributed by atoms with van der Waals surface area (Å²) in [7, 11) is 0. The second kappa shape index (κ2) is 9.15. The third kappa shape index (κ3) is 9.83. The van der Waals surface area contributed by atoms with Crippen LogP contribution in [0.3, 0.4) is 0 Å². The van der Waals surface area contributed by atoms with Gasteiger partial charge in [-0.15, -0.1) is 0 Å². The van der Waals surface area contributed by atoms with Crippen molar-refractivity contribution in [3.63, 3.8) is 0 Å². The van der Waals surface area contributed by atoms with E-state index in [-0.39, 0.29) is 25.5 Å². The van der Waals surface area contributed by atoms with Crippen LogP contribution in [0.1, 0.15) is 26.7 Å². The molecule has 8 heteroatoms. The van der Waals surface area contributed by atoms with E-state index in [0.29, 0.717) is 6.61 Å². The Morgan fingerprint density at radius 3 is 2.42 bits per heavy atom. The number of primary amides is 1. The van der Waals surface area contributed by atoms with Crippen molar-refractivity contribution in [2.45, 2.75) is 38.8 Å². The minimum Gasteiger partial charge on any atom is -0.480 e. The lowest BCUT2D eigenvalue weighted by molar-refractivity contribution is -0.139. The molecular weight excluding hydrogens is 254 g/mol. The van der Waals surface area contributed by atoms with Crippen LogP contribution in [0.4, 0.5) is 4.79 Å². The summed E-state index contributed by atoms with van der Waals surface area (Å²) in [5, 5.41) is 13.6. The minimum atomic E-state index is -1.21. The molecule has 0 saturated carbocycles. The second-order valence-corrected chi connectivity index (χ2v) is 4.22. The number of ether oxygens (including phenoxy) is 1. The molecule has 5 N–H and O–H groups in total. The number of aliphatic carboxylic acids is 1. The topological polar surface area (TPSA) is 131 Å². The Kier molecular flexibility index (Phi) is 8.27. The number of amides is 3. The molecule has 0 heterocycles. The van der Waals surface area contributed by atoms with Crippen molar-refractivity contribution in [2.75, 3.05) is 13.2 Å². The number of hydrogen-bond donors (Lipinski definition) is 4. The molecule has 0 aromatic rings. The van der Waals surface area contributed by atoms with Gasteiger partial charge in [-0.05, 0) is 20.3 Å². The number of hydrogen-bond acceptors (Lipinski definition) is 4. The zero-order valence-electron chi connectivity index (χ0n) is 11.1. The highest BCUT2D eigenvalue weighted by Gasteiger charge is 2.20. The predicted molar refractivity (Wildman–Crippen MR) is 67.5 cm³/mol. The molecule has 0 aliphatic heterocycles. The maximum atomic E-state index is 11.4. The largest absolute Gasteiger partial charge is 0.480 e. The molecule has 0 aliphatic carbocycles. The van der Waals surface area contributed by atoms with Gasteiger partial charge in [0.1, 0.15) is 6.04 Å². The SMILES string of the molecule is CC(C)OCCNC(=O)N[C@H](CCC(N)=O)C(=O)O. The molecule has 0 aromatic carbocycles. The van der Waals surface area contributed by atoms with Gasteiger partial charge in [-0.25, -0.2) is 9.59 Å². The molecule has 0 spiro atoms. The highest BCUT2D eigenvalue weighted by Crippen LogP contribution is 1.97. The van der Waals surface area contributed by atoms with Crippen LogP contribution in [0.25, 0.3) is 0 Å². The summed E-state index contributed by atoms with van der Waals surface area (Å²) in [4.78, 5) is 32.8. The van der Waals surface area contributed by atoms with E-state index in [1.165, 1.54) is 0 Å². The summed E-state index contributed by atoms with van der Waals surface area (Å²) < 4.78 is 5.20. The molecule has 0 unspecified atom stereocenters. The summed E-state index contributed by atoms with van der Waals surface area (Å²) in [5.74, 6) is -1.83. The molecule has 0 bridgehead atoms. The minimum absolute atomic E-state index is 0.0411. The van der Waals surface area contributed by atoms with Crippen molar-refractivity contribution in [1.29, 1.82) is 0 Å². The second-order valence-electron chi connectivity index (χ2n) is 4.22. The first-order valence-corrected chi connectivity index (χ1v) is 6.00. The average Bonchev–Trinajstić information content (AvgIpc) is 2.29. The smallest absolute Gasteiger partial charge is 0.326 e. The lowest BCUT2D eigenvalue weighted by Crippen LogP contribution is -2.47. The normalized spacial score (nSPS) is 11.9. The van der Waals surface area contributed by atoms with E-state index < -0.39 is 23.9 Å². The van der Waals surface area contributed by atoms with Gasteiger partial charge in [0.15, 0.2) is 0 Å². The Hall–Kier alpha value is -1.83. The number of carbonyl (C=O) groups is 3. The summed E-state index contributed by atoms with van der Waals surface area (Å²) in [5.41, 5.74) is 4.92. The maximum Gasteiger partial charge on any atom is 0.326 e. The van der Waals surface area contributed by atoms with Crippen molar-refractivity contribution in [1.82, 2.24) is 10.6 Å². The highest BCUT2D eigenvalue weighted by molar-refractivity contribution is 5.83. The van der Waals surface area contributed by atoms with Crippen LogP contribution >= 0.6 is 0 Å². The molecule has 3 amide bonds. The predicted octanol–water partition coefficient (Wildman–Crippen LogP) is -0.571.